The Labute approximate surface area is 182 Å². The highest BCUT2D eigenvalue weighted by atomic mass is 16.3. The predicted octanol–water partition coefficient (Wildman–Crippen LogP) is 2.53. The van der Waals surface area contributed by atoms with Gasteiger partial charge < -0.3 is 20.6 Å². The molecule has 168 valence electrons. The second-order valence-electron chi connectivity index (χ2n) is 9.40. The number of likely N-dealkylation sites (N-methyl/N-ethyl adjacent to an activating group) is 1. The van der Waals surface area contributed by atoms with Crippen molar-refractivity contribution in [2.45, 2.75) is 70.1 Å². The predicted molar refractivity (Wildman–Crippen MR) is 123 cm³/mol. The number of benzene rings is 1. The van der Waals surface area contributed by atoms with E-state index in [0.29, 0.717) is 0 Å². The molecule has 1 saturated carbocycles. The third-order valence-corrected chi connectivity index (χ3v) is 7.25. The second kappa shape index (κ2) is 10.2. The molecule has 3 rings (SSSR count). The van der Waals surface area contributed by atoms with Gasteiger partial charge in [0.2, 0.25) is 5.91 Å². The molecule has 30 heavy (non-hydrogen) atoms. The van der Waals surface area contributed by atoms with Crippen LogP contribution >= 0.6 is 0 Å². The summed E-state index contributed by atoms with van der Waals surface area (Å²) in [5, 5.41) is 16.9. The second-order valence-corrected chi connectivity index (χ2v) is 9.40. The molecule has 1 aliphatic heterocycles. The molecule has 2 atom stereocenters. The fourth-order valence-electron chi connectivity index (χ4n) is 5.02. The Bertz CT molecular complexity index is 693. The van der Waals surface area contributed by atoms with Crippen molar-refractivity contribution in [2.75, 3.05) is 45.6 Å². The SMILES string of the molecule is Cc1cccc(C)c1NC(=O)C1(N(C)C)CCN(CCNC2CCCCC2O)CC1. The van der Waals surface area contributed by atoms with Crippen molar-refractivity contribution in [1.82, 2.24) is 15.1 Å². The van der Waals surface area contributed by atoms with E-state index in [1.54, 1.807) is 0 Å². The Morgan fingerprint density at radius 3 is 2.40 bits per heavy atom. The number of piperidine rings is 1. The molecule has 0 radical (unpaired) electrons. The highest BCUT2D eigenvalue weighted by Gasteiger charge is 2.43. The molecule has 6 heteroatoms. The van der Waals surface area contributed by atoms with Crippen LogP contribution in [0.5, 0.6) is 0 Å². The number of nitrogens with zero attached hydrogens (tertiary/aromatic N) is 2. The lowest BCUT2D eigenvalue weighted by atomic mass is 9.85. The average molecular weight is 417 g/mol. The monoisotopic (exact) mass is 416 g/mol. The van der Waals surface area contributed by atoms with Crippen LogP contribution < -0.4 is 10.6 Å². The molecule has 0 bridgehead atoms. The van der Waals surface area contributed by atoms with Crippen molar-refractivity contribution in [3.8, 4) is 0 Å². The molecular weight excluding hydrogens is 376 g/mol. The zero-order valence-electron chi connectivity index (χ0n) is 19.2. The quantitative estimate of drug-likeness (QED) is 0.637. The van der Waals surface area contributed by atoms with Crippen molar-refractivity contribution in [1.29, 1.82) is 0 Å². The van der Waals surface area contributed by atoms with Gasteiger partial charge in [0, 0.05) is 37.9 Å². The van der Waals surface area contributed by atoms with Gasteiger partial charge in [-0.25, -0.2) is 0 Å². The van der Waals surface area contributed by atoms with E-state index in [2.05, 4.69) is 20.4 Å². The topological polar surface area (TPSA) is 67.8 Å². The lowest BCUT2D eigenvalue weighted by molar-refractivity contribution is -0.129. The van der Waals surface area contributed by atoms with E-state index < -0.39 is 5.54 Å². The van der Waals surface area contributed by atoms with Crippen molar-refractivity contribution < 1.29 is 9.90 Å². The standard InChI is InChI=1S/C24H40N4O2/c1-18-8-7-9-19(2)22(18)26-23(30)24(27(3)4)12-15-28(16-13-24)17-14-25-20-10-5-6-11-21(20)29/h7-9,20-21,25,29H,5-6,10-17H2,1-4H3,(H,26,30). The van der Waals surface area contributed by atoms with Crippen LogP contribution in [0.1, 0.15) is 49.7 Å². The van der Waals surface area contributed by atoms with Gasteiger partial charge in [-0.2, -0.15) is 0 Å². The molecule has 1 aromatic carbocycles. The summed E-state index contributed by atoms with van der Waals surface area (Å²) in [5.41, 5.74) is 2.68. The summed E-state index contributed by atoms with van der Waals surface area (Å²) in [6.45, 7) is 7.77. The van der Waals surface area contributed by atoms with Gasteiger partial charge in [-0.05, 0) is 64.8 Å². The highest BCUT2D eigenvalue weighted by Crippen LogP contribution is 2.30. The minimum absolute atomic E-state index is 0.105. The number of likely N-dealkylation sites (tertiary alicyclic amines) is 1. The Kier molecular flexibility index (Phi) is 7.91. The summed E-state index contributed by atoms with van der Waals surface area (Å²) in [7, 11) is 4.04. The summed E-state index contributed by atoms with van der Waals surface area (Å²) in [6, 6.07) is 6.36. The van der Waals surface area contributed by atoms with Gasteiger partial charge in [0.25, 0.3) is 0 Å². The molecule has 2 fully saturated rings. The largest absolute Gasteiger partial charge is 0.392 e. The van der Waals surface area contributed by atoms with Crippen LogP contribution in [0.4, 0.5) is 5.69 Å². The summed E-state index contributed by atoms with van der Waals surface area (Å²) < 4.78 is 0. The number of aliphatic hydroxyl groups excluding tert-OH is 1. The third-order valence-electron chi connectivity index (χ3n) is 7.25. The van der Waals surface area contributed by atoms with E-state index in [0.717, 1.165) is 75.1 Å². The van der Waals surface area contributed by atoms with Gasteiger partial charge in [-0.15, -0.1) is 0 Å². The lowest BCUT2D eigenvalue weighted by Gasteiger charge is -2.45. The summed E-state index contributed by atoms with van der Waals surface area (Å²) in [6.07, 6.45) is 5.79. The molecule has 1 amide bonds. The number of nitrogens with one attached hydrogen (secondary N) is 2. The van der Waals surface area contributed by atoms with E-state index in [1.807, 2.05) is 46.1 Å². The molecule has 2 aliphatic rings. The Hall–Kier alpha value is -1.47. The Morgan fingerprint density at radius 2 is 1.80 bits per heavy atom. The smallest absolute Gasteiger partial charge is 0.244 e. The van der Waals surface area contributed by atoms with Crippen molar-refractivity contribution in [3.05, 3.63) is 29.3 Å². The van der Waals surface area contributed by atoms with Crippen LogP contribution in [-0.2, 0) is 4.79 Å². The van der Waals surface area contributed by atoms with Crippen LogP contribution in [0, 0.1) is 13.8 Å². The minimum Gasteiger partial charge on any atom is -0.392 e. The van der Waals surface area contributed by atoms with Gasteiger partial charge in [0.15, 0.2) is 0 Å². The number of para-hydroxylation sites is 1. The average Bonchev–Trinajstić information content (AvgIpc) is 2.72. The van der Waals surface area contributed by atoms with Crippen LogP contribution in [0.3, 0.4) is 0 Å². The molecule has 1 aliphatic carbocycles. The van der Waals surface area contributed by atoms with Gasteiger partial charge in [-0.1, -0.05) is 31.0 Å². The maximum Gasteiger partial charge on any atom is 0.244 e. The van der Waals surface area contributed by atoms with Crippen molar-refractivity contribution in [3.63, 3.8) is 0 Å². The van der Waals surface area contributed by atoms with Gasteiger partial charge in [0.05, 0.1) is 6.10 Å². The molecule has 6 nitrogen and oxygen atoms in total. The Balaban J connectivity index is 1.54. The number of rotatable bonds is 7. The fourth-order valence-corrected chi connectivity index (χ4v) is 5.02. The van der Waals surface area contributed by atoms with Crippen LogP contribution in [0.15, 0.2) is 18.2 Å². The summed E-state index contributed by atoms with van der Waals surface area (Å²) in [4.78, 5) is 17.9. The number of carbonyl (C=O) groups excluding carboxylic acids is 1. The fraction of sp³-hybridized carbons (Fsp3) is 0.708. The number of hydrogen-bond donors (Lipinski definition) is 3. The van der Waals surface area contributed by atoms with Crippen LogP contribution in [0.2, 0.25) is 0 Å². The van der Waals surface area contributed by atoms with Crippen molar-refractivity contribution >= 4 is 11.6 Å². The molecule has 0 spiro atoms. The molecule has 3 N–H and O–H groups in total. The first kappa shape index (κ1) is 23.2. The molecule has 1 saturated heterocycles. The van der Waals surface area contributed by atoms with E-state index in [4.69, 9.17) is 0 Å². The molecular formula is C24H40N4O2. The van der Waals surface area contributed by atoms with Crippen molar-refractivity contribution in [2.24, 2.45) is 0 Å². The van der Waals surface area contributed by atoms with Gasteiger partial charge >= 0.3 is 0 Å². The Morgan fingerprint density at radius 1 is 1.17 bits per heavy atom. The maximum absolute atomic E-state index is 13.4. The number of aliphatic hydroxyl groups is 1. The number of amides is 1. The van der Waals surface area contributed by atoms with E-state index in [-0.39, 0.29) is 18.1 Å². The number of aryl methyl sites for hydroxylation is 2. The van der Waals surface area contributed by atoms with Crippen LogP contribution in [0.25, 0.3) is 0 Å². The van der Waals surface area contributed by atoms with Gasteiger partial charge in [0.1, 0.15) is 5.54 Å². The zero-order valence-corrected chi connectivity index (χ0v) is 19.2. The number of carbonyl (C=O) groups is 1. The minimum atomic E-state index is -0.474. The van der Waals surface area contributed by atoms with E-state index in [9.17, 15) is 9.90 Å². The zero-order chi connectivity index (χ0) is 21.7. The first-order chi connectivity index (χ1) is 14.3. The van der Waals surface area contributed by atoms with Crippen LogP contribution in [-0.4, -0.2) is 78.8 Å². The molecule has 1 heterocycles. The normalized spacial score (nSPS) is 24.7. The highest BCUT2D eigenvalue weighted by molar-refractivity contribution is 5.99. The first-order valence-electron chi connectivity index (χ1n) is 11.5. The number of hydrogen-bond acceptors (Lipinski definition) is 5. The molecule has 0 aromatic heterocycles. The molecule has 1 aromatic rings. The summed E-state index contributed by atoms with van der Waals surface area (Å²) in [5.74, 6) is 0.105. The number of anilines is 1. The molecule has 2 unspecified atom stereocenters. The maximum atomic E-state index is 13.4. The van der Waals surface area contributed by atoms with Gasteiger partial charge in [-0.3, -0.25) is 9.69 Å². The van der Waals surface area contributed by atoms with E-state index in [1.165, 1.54) is 6.42 Å². The third kappa shape index (κ3) is 5.22. The first-order valence-corrected chi connectivity index (χ1v) is 11.5. The van der Waals surface area contributed by atoms with E-state index >= 15 is 0 Å². The lowest BCUT2D eigenvalue weighted by Crippen LogP contribution is -2.60. The summed E-state index contributed by atoms with van der Waals surface area (Å²) >= 11 is 0.